The van der Waals surface area contributed by atoms with Crippen molar-refractivity contribution in [3.05, 3.63) is 78.6 Å². The topological polar surface area (TPSA) is 79.4 Å². The SMILES string of the molecule is O=C(Nc1cccc(-c2nc3ccccc3s2)c1)C1CCCN1S(=O)(=O)c1ccc(F)cc1. The van der Waals surface area contributed by atoms with Gasteiger partial charge in [0.15, 0.2) is 0 Å². The molecule has 0 radical (unpaired) electrons. The lowest BCUT2D eigenvalue weighted by atomic mass is 10.2. The van der Waals surface area contributed by atoms with Gasteiger partial charge in [-0.3, -0.25) is 4.79 Å². The van der Waals surface area contributed by atoms with Crippen LogP contribution in [0.15, 0.2) is 77.7 Å². The molecule has 168 valence electrons. The quantitative estimate of drug-likeness (QED) is 0.440. The first-order valence-electron chi connectivity index (χ1n) is 10.5. The van der Waals surface area contributed by atoms with Gasteiger partial charge >= 0.3 is 0 Å². The maximum absolute atomic E-state index is 13.2. The molecule has 33 heavy (non-hydrogen) atoms. The third-order valence-corrected chi connectivity index (χ3v) is 8.61. The number of anilines is 1. The number of nitrogens with zero attached hydrogens (tertiary/aromatic N) is 2. The Morgan fingerprint density at radius 3 is 2.64 bits per heavy atom. The van der Waals surface area contributed by atoms with Crippen LogP contribution < -0.4 is 5.32 Å². The highest BCUT2D eigenvalue weighted by molar-refractivity contribution is 7.89. The number of rotatable bonds is 5. The summed E-state index contributed by atoms with van der Waals surface area (Å²) in [6, 6.07) is 19.1. The van der Waals surface area contributed by atoms with Crippen LogP contribution in [-0.4, -0.2) is 36.2 Å². The molecule has 2 heterocycles. The van der Waals surface area contributed by atoms with Gasteiger partial charge in [-0.05, 0) is 61.4 Å². The average molecular weight is 482 g/mol. The zero-order valence-corrected chi connectivity index (χ0v) is 19.1. The fourth-order valence-electron chi connectivity index (χ4n) is 3.98. The van der Waals surface area contributed by atoms with E-state index < -0.39 is 21.9 Å². The Hall–Kier alpha value is -3.14. The molecular formula is C24H20FN3O3S2. The molecule has 9 heteroatoms. The molecule has 1 amide bonds. The predicted octanol–water partition coefficient (Wildman–Crippen LogP) is 4.89. The summed E-state index contributed by atoms with van der Waals surface area (Å²) in [5, 5.41) is 3.70. The average Bonchev–Trinajstić information content (AvgIpc) is 3.47. The molecule has 1 saturated heterocycles. The minimum Gasteiger partial charge on any atom is -0.325 e. The van der Waals surface area contributed by atoms with E-state index in [9.17, 15) is 17.6 Å². The van der Waals surface area contributed by atoms with E-state index in [0.717, 1.165) is 32.9 Å². The number of para-hydroxylation sites is 1. The van der Waals surface area contributed by atoms with Gasteiger partial charge in [-0.1, -0.05) is 24.3 Å². The molecular weight excluding hydrogens is 461 g/mol. The summed E-state index contributed by atoms with van der Waals surface area (Å²) < 4.78 is 41.6. The molecule has 0 saturated carbocycles. The summed E-state index contributed by atoms with van der Waals surface area (Å²) >= 11 is 1.57. The fourth-order valence-corrected chi connectivity index (χ4v) is 6.60. The van der Waals surface area contributed by atoms with Crippen molar-refractivity contribution in [3.8, 4) is 10.6 Å². The first-order chi connectivity index (χ1) is 15.9. The molecule has 0 aliphatic carbocycles. The molecule has 1 N–H and O–H groups in total. The Morgan fingerprint density at radius 1 is 1.06 bits per heavy atom. The van der Waals surface area contributed by atoms with Crippen molar-refractivity contribution < 1.29 is 17.6 Å². The smallest absolute Gasteiger partial charge is 0.243 e. The van der Waals surface area contributed by atoms with Crippen LogP contribution in [0.3, 0.4) is 0 Å². The number of thiazole rings is 1. The second kappa shape index (κ2) is 8.66. The van der Waals surface area contributed by atoms with Crippen LogP contribution in [-0.2, 0) is 14.8 Å². The van der Waals surface area contributed by atoms with E-state index in [1.54, 1.807) is 17.4 Å². The summed E-state index contributed by atoms with van der Waals surface area (Å²) in [6.07, 6.45) is 0.994. The van der Waals surface area contributed by atoms with Gasteiger partial charge in [-0.15, -0.1) is 11.3 Å². The molecule has 1 unspecified atom stereocenters. The zero-order valence-electron chi connectivity index (χ0n) is 17.4. The van der Waals surface area contributed by atoms with E-state index >= 15 is 0 Å². The minimum absolute atomic E-state index is 0.0265. The number of carbonyl (C=O) groups is 1. The van der Waals surface area contributed by atoms with Crippen molar-refractivity contribution in [1.82, 2.24) is 9.29 Å². The molecule has 1 aliphatic rings. The van der Waals surface area contributed by atoms with Crippen LogP contribution in [0.2, 0.25) is 0 Å². The summed E-state index contributed by atoms with van der Waals surface area (Å²) in [5.74, 6) is -0.905. The molecule has 1 atom stereocenters. The normalized spacial score (nSPS) is 16.8. The van der Waals surface area contributed by atoms with Gasteiger partial charge in [0.2, 0.25) is 15.9 Å². The number of hydrogen-bond donors (Lipinski definition) is 1. The van der Waals surface area contributed by atoms with Crippen LogP contribution >= 0.6 is 11.3 Å². The van der Waals surface area contributed by atoms with Gasteiger partial charge < -0.3 is 5.32 Å². The van der Waals surface area contributed by atoms with Crippen LogP contribution in [0.5, 0.6) is 0 Å². The number of carbonyl (C=O) groups excluding carboxylic acids is 1. The Kier molecular flexibility index (Phi) is 5.69. The Labute approximate surface area is 194 Å². The van der Waals surface area contributed by atoms with Crippen LogP contribution in [0, 0.1) is 5.82 Å². The van der Waals surface area contributed by atoms with Crippen molar-refractivity contribution in [1.29, 1.82) is 0 Å². The van der Waals surface area contributed by atoms with Crippen LogP contribution in [0.1, 0.15) is 12.8 Å². The molecule has 1 aromatic heterocycles. The molecule has 4 aromatic rings. The Morgan fingerprint density at radius 2 is 1.85 bits per heavy atom. The third kappa shape index (κ3) is 4.27. The second-order valence-electron chi connectivity index (χ2n) is 7.78. The monoisotopic (exact) mass is 481 g/mol. The number of benzene rings is 3. The van der Waals surface area contributed by atoms with Crippen molar-refractivity contribution >= 4 is 43.2 Å². The third-order valence-electron chi connectivity index (χ3n) is 5.60. The Bertz CT molecular complexity index is 1400. The molecule has 1 fully saturated rings. The van der Waals surface area contributed by atoms with Crippen LogP contribution in [0.25, 0.3) is 20.8 Å². The zero-order chi connectivity index (χ0) is 23.0. The number of hydrogen-bond acceptors (Lipinski definition) is 5. The summed E-state index contributed by atoms with van der Waals surface area (Å²) in [6.45, 7) is 0.240. The van der Waals surface area contributed by atoms with Gasteiger partial charge in [0.05, 0.1) is 15.1 Å². The molecule has 0 spiro atoms. The van der Waals surface area contributed by atoms with E-state index in [1.807, 2.05) is 42.5 Å². The number of nitrogens with one attached hydrogen (secondary N) is 1. The van der Waals surface area contributed by atoms with Crippen molar-refractivity contribution in [2.75, 3.05) is 11.9 Å². The highest BCUT2D eigenvalue weighted by Crippen LogP contribution is 2.32. The Balaban J connectivity index is 1.37. The number of aromatic nitrogens is 1. The van der Waals surface area contributed by atoms with E-state index in [4.69, 9.17) is 0 Å². The largest absolute Gasteiger partial charge is 0.325 e. The molecule has 6 nitrogen and oxygen atoms in total. The number of halogens is 1. The fraction of sp³-hybridized carbons (Fsp3) is 0.167. The van der Waals surface area contributed by atoms with Crippen molar-refractivity contribution in [3.63, 3.8) is 0 Å². The highest BCUT2D eigenvalue weighted by Gasteiger charge is 2.39. The van der Waals surface area contributed by atoms with E-state index in [0.29, 0.717) is 18.5 Å². The van der Waals surface area contributed by atoms with Crippen LogP contribution in [0.4, 0.5) is 10.1 Å². The lowest BCUT2D eigenvalue weighted by Gasteiger charge is -2.23. The first kappa shape index (κ1) is 21.7. The standard InChI is InChI=1S/C24H20FN3O3S2/c25-17-10-12-19(13-11-17)33(30,31)28-14-4-8-21(28)23(29)26-18-6-3-5-16(15-18)24-27-20-7-1-2-9-22(20)32-24/h1-3,5-7,9-13,15,21H,4,8,14H2,(H,26,29). The lowest BCUT2D eigenvalue weighted by molar-refractivity contribution is -0.119. The maximum atomic E-state index is 13.2. The van der Waals surface area contributed by atoms with Gasteiger partial charge in [-0.2, -0.15) is 4.31 Å². The summed E-state index contributed by atoms with van der Waals surface area (Å²) in [7, 11) is -3.91. The van der Waals surface area contributed by atoms with Gasteiger partial charge in [0.25, 0.3) is 0 Å². The van der Waals surface area contributed by atoms with Crippen molar-refractivity contribution in [2.24, 2.45) is 0 Å². The summed E-state index contributed by atoms with van der Waals surface area (Å²) in [4.78, 5) is 17.7. The molecule has 1 aliphatic heterocycles. The highest BCUT2D eigenvalue weighted by atomic mass is 32.2. The molecule has 0 bridgehead atoms. The van der Waals surface area contributed by atoms with Gasteiger partial charge in [0.1, 0.15) is 16.9 Å². The summed E-state index contributed by atoms with van der Waals surface area (Å²) in [5.41, 5.74) is 2.36. The maximum Gasteiger partial charge on any atom is 0.243 e. The number of amides is 1. The number of fused-ring (bicyclic) bond motifs is 1. The van der Waals surface area contributed by atoms with E-state index in [-0.39, 0.29) is 17.3 Å². The van der Waals surface area contributed by atoms with Gasteiger partial charge in [0, 0.05) is 17.8 Å². The van der Waals surface area contributed by atoms with Crippen molar-refractivity contribution in [2.45, 2.75) is 23.8 Å². The van der Waals surface area contributed by atoms with Gasteiger partial charge in [-0.25, -0.2) is 17.8 Å². The minimum atomic E-state index is -3.91. The molecule has 3 aromatic carbocycles. The van der Waals surface area contributed by atoms with E-state index in [1.165, 1.54) is 16.4 Å². The molecule has 5 rings (SSSR count). The first-order valence-corrected chi connectivity index (χ1v) is 12.7. The second-order valence-corrected chi connectivity index (χ2v) is 10.7. The lowest BCUT2D eigenvalue weighted by Crippen LogP contribution is -2.43. The predicted molar refractivity (Wildman–Crippen MR) is 127 cm³/mol. The number of sulfonamides is 1. The van der Waals surface area contributed by atoms with E-state index in [2.05, 4.69) is 10.3 Å².